The second-order valence-electron chi connectivity index (χ2n) is 7.10. The van der Waals surface area contributed by atoms with E-state index < -0.39 is 0 Å². The molecule has 3 aromatic rings. The number of hydrogen-bond donors (Lipinski definition) is 2. The van der Waals surface area contributed by atoms with Gasteiger partial charge in [-0.3, -0.25) is 0 Å². The minimum atomic E-state index is -0.00997. The summed E-state index contributed by atoms with van der Waals surface area (Å²) in [4.78, 5) is 4.54. The molecule has 29 heavy (non-hydrogen) atoms. The van der Waals surface area contributed by atoms with Crippen LogP contribution in [0.1, 0.15) is 29.2 Å². The molecule has 0 saturated heterocycles. The lowest BCUT2D eigenvalue weighted by Gasteiger charge is -2.16. The molecule has 0 bridgehead atoms. The fourth-order valence-corrected chi connectivity index (χ4v) is 3.90. The molecule has 150 valence electrons. The predicted molar refractivity (Wildman–Crippen MR) is 113 cm³/mol. The topological polar surface area (TPSA) is 63.6 Å². The van der Waals surface area contributed by atoms with E-state index in [1.54, 1.807) is 7.11 Å². The van der Waals surface area contributed by atoms with Crippen molar-refractivity contribution in [3.05, 3.63) is 77.4 Å². The van der Waals surface area contributed by atoms with Gasteiger partial charge >= 0.3 is 0 Å². The van der Waals surface area contributed by atoms with E-state index in [0.29, 0.717) is 24.8 Å². The first-order valence-electron chi connectivity index (χ1n) is 9.99. The van der Waals surface area contributed by atoms with Crippen LogP contribution in [0.4, 0.5) is 0 Å². The van der Waals surface area contributed by atoms with E-state index in [0.717, 1.165) is 18.4 Å². The number of aliphatic hydroxyl groups excluding tert-OH is 1. The summed E-state index contributed by atoms with van der Waals surface area (Å²) < 4.78 is 11.7. The highest BCUT2D eigenvalue weighted by Crippen LogP contribution is 2.40. The number of hydrogen-bond acceptors (Lipinski definition) is 5. The largest absolute Gasteiger partial charge is 0.481 e. The van der Waals surface area contributed by atoms with Gasteiger partial charge in [0.05, 0.1) is 13.7 Å². The Labute approximate surface area is 171 Å². The summed E-state index contributed by atoms with van der Waals surface area (Å²) in [5, 5.41) is 12.1. The molecule has 0 fully saturated rings. The Bertz CT molecular complexity index is 960. The lowest BCUT2D eigenvalue weighted by Crippen LogP contribution is -2.18. The van der Waals surface area contributed by atoms with Gasteiger partial charge in [-0.1, -0.05) is 48.5 Å². The van der Waals surface area contributed by atoms with Crippen molar-refractivity contribution in [3.8, 4) is 22.9 Å². The zero-order valence-corrected chi connectivity index (χ0v) is 16.6. The van der Waals surface area contributed by atoms with Crippen LogP contribution in [0.15, 0.2) is 60.7 Å². The quantitative estimate of drug-likeness (QED) is 0.571. The van der Waals surface area contributed by atoms with Gasteiger partial charge in [0, 0.05) is 24.7 Å². The average Bonchev–Trinajstić information content (AvgIpc) is 3.18. The van der Waals surface area contributed by atoms with Crippen molar-refractivity contribution in [2.45, 2.75) is 25.5 Å². The number of nitrogens with zero attached hydrogens (tertiary/aromatic N) is 1. The van der Waals surface area contributed by atoms with E-state index >= 15 is 0 Å². The third-order valence-electron chi connectivity index (χ3n) is 5.27. The van der Waals surface area contributed by atoms with Crippen LogP contribution in [0, 0.1) is 0 Å². The maximum atomic E-state index is 8.92. The first-order chi connectivity index (χ1) is 14.3. The van der Waals surface area contributed by atoms with Crippen LogP contribution in [0.3, 0.4) is 0 Å². The molecule has 1 atom stereocenters. The van der Waals surface area contributed by atoms with Crippen molar-refractivity contribution in [2.24, 2.45) is 0 Å². The zero-order chi connectivity index (χ0) is 20.1. The molecule has 1 aliphatic rings. The van der Waals surface area contributed by atoms with Crippen molar-refractivity contribution in [1.29, 1.82) is 0 Å². The summed E-state index contributed by atoms with van der Waals surface area (Å²) >= 11 is 0. The Morgan fingerprint density at radius 2 is 1.93 bits per heavy atom. The summed E-state index contributed by atoms with van der Waals surface area (Å²) in [5.74, 6) is 1.11. The van der Waals surface area contributed by atoms with E-state index in [1.165, 1.54) is 22.3 Å². The highest BCUT2D eigenvalue weighted by Gasteiger charge is 2.27. The van der Waals surface area contributed by atoms with Gasteiger partial charge in [-0.15, -0.1) is 0 Å². The molecule has 0 unspecified atom stereocenters. The molecular formula is C24H26N2O3. The summed E-state index contributed by atoms with van der Waals surface area (Å²) in [7, 11) is 1.61. The van der Waals surface area contributed by atoms with Gasteiger partial charge in [0.2, 0.25) is 11.8 Å². The minimum absolute atomic E-state index is 0.00997. The van der Waals surface area contributed by atoms with Gasteiger partial charge in [-0.2, -0.15) is 4.98 Å². The first-order valence-corrected chi connectivity index (χ1v) is 9.99. The van der Waals surface area contributed by atoms with Crippen LogP contribution in [-0.2, 0) is 13.0 Å². The summed E-state index contributed by atoms with van der Waals surface area (Å²) in [6.07, 6.45) is 1.91. The molecule has 5 nitrogen and oxygen atoms in total. The number of rotatable bonds is 8. The second kappa shape index (κ2) is 9.07. The predicted octanol–water partition coefficient (Wildman–Crippen LogP) is 3.91. The standard InChI is InChI=1S/C24H26N2O3/c1-28-24-18(16-25-14-15-27)10-13-23(26-24)29-22-12-11-20-19(8-5-9-21(20)22)17-6-3-2-4-7-17/h2-10,13,22,25,27H,11-12,14-16H2,1H3/t22-/m0/s1. The molecule has 0 aliphatic heterocycles. The summed E-state index contributed by atoms with van der Waals surface area (Å²) in [5.41, 5.74) is 6.06. The number of ether oxygens (including phenoxy) is 2. The van der Waals surface area contributed by atoms with Crippen LogP contribution in [0.25, 0.3) is 11.1 Å². The van der Waals surface area contributed by atoms with Crippen LogP contribution in [0.2, 0.25) is 0 Å². The third-order valence-corrected chi connectivity index (χ3v) is 5.27. The van der Waals surface area contributed by atoms with Crippen LogP contribution in [-0.4, -0.2) is 30.4 Å². The zero-order valence-electron chi connectivity index (χ0n) is 16.6. The maximum Gasteiger partial charge on any atom is 0.220 e. The Kier molecular flexibility index (Phi) is 6.08. The fourth-order valence-electron chi connectivity index (χ4n) is 3.90. The molecule has 1 aromatic heterocycles. The third kappa shape index (κ3) is 4.26. The van der Waals surface area contributed by atoms with E-state index in [2.05, 4.69) is 52.8 Å². The monoisotopic (exact) mass is 390 g/mol. The molecule has 0 radical (unpaired) electrons. The molecule has 1 aliphatic carbocycles. The Hall–Kier alpha value is -2.89. The number of aliphatic hydroxyl groups is 1. The molecule has 5 heteroatoms. The van der Waals surface area contributed by atoms with Gasteiger partial charge in [0.15, 0.2) is 0 Å². The van der Waals surface area contributed by atoms with Crippen LogP contribution in [0.5, 0.6) is 11.8 Å². The fraction of sp³-hybridized carbons (Fsp3) is 0.292. The minimum Gasteiger partial charge on any atom is -0.481 e. The SMILES string of the molecule is COc1nc(O[C@H]2CCc3c(-c4ccccc4)cccc32)ccc1CNCCO. The summed E-state index contributed by atoms with van der Waals surface area (Å²) in [6, 6.07) is 20.8. The van der Waals surface area contributed by atoms with E-state index in [-0.39, 0.29) is 12.7 Å². The molecule has 2 aromatic carbocycles. The molecule has 2 N–H and O–H groups in total. The number of pyridine rings is 1. The molecule has 0 spiro atoms. The molecule has 0 amide bonds. The lowest BCUT2D eigenvalue weighted by atomic mass is 9.97. The number of nitrogens with one attached hydrogen (secondary N) is 1. The van der Waals surface area contributed by atoms with Gasteiger partial charge in [-0.25, -0.2) is 0 Å². The van der Waals surface area contributed by atoms with Crippen LogP contribution < -0.4 is 14.8 Å². The second-order valence-corrected chi connectivity index (χ2v) is 7.10. The van der Waals surface area contributed by atoms with Crippen molar-refractivity contribution < 1.29 is 14.6 Å². The van der Waals surface area contributed by atoms with Crippen molar-refractivity contribution in [3.63, 3.8) is 0 Å². The van der Waals surface area contributed by atoms with Gasteiger partial charge in [0.1, 0.15) is 6.10 Å². The van der Waals surface area contributed by atoms with Crippen molar-refractivity contribution in [1.82, 2.24) is 10.3 Å². The smallest absolute Gasteiger partial charge is 0.220 e. The van der Waals surface area contributed by atoms with Gasteiger partial charge in [0.25, 0.3) is 0 Å². The van der Waals surface area contributed by atoms with Crippen molar-refractivity contribution in [2.75, 3.05) is 20.3 Å². The molecule has 4 rings (SSSR count). The Morgan fingerprint density at radius 1 is 1.07 bits per heavy atom. The maximum absolute atomic E-state index is 8.92. The van der Waals surface area contributed by atoms with E-state index in [4.69, 9.17) is 14.6 Å². The summed E-state index contributed by atoms with van der Waals surface area (Å²) in [6.45, 7) is 1.22. The van der Waals surface area contributed by atoms with Crippen molar-refractivity contribution >= 4 is 0 Å². The van der Waals surface area contributed by atoms with Gasteiger partial charge < -0.3 is 19.9 Å². The molecule has 1 heterocycles. The number of methoxy groups -OCH3 is 1. The normalized spacial score (nSPS) is 15.2. The van der Waals surface area contributed by atoms with E-state index in [1.807, 2.05) is 18.2 Å². The van der Waals surface area contributed by atoms with Gasteiger partial charge in [-0.05, 0) is 41.2 Å². The number of aromatic nitrogens is 1. The molecular weight excluding hydrogens is 364 g/mol. The molecule has 0 saturated carbocycles. The Morgan fingerprint density at radius 3 is 2.72 bits per heavy atom. The van der Waals surface area contributed by atoms with E-state index in [9.17, 15) is 0 Å². The number of fused-ring (bicyclic) bond motifs is 1. The lowest BCUT2D eigenvalue weighted by molar-refractivity contribution is 0.196. The highest BCUT2D eigenvalue weighted by atomic mass is 16.5. The number of benzene rings is 2. The Balaban J connectivity index is 1.54. The van der Waals surface area contributed by atoms with Crippen LogP contribution >= 0.6 is 0 Å². The first kappa shape index (κ1) is 19.4. The average molecular weight is 390 g/mol. The highest BCUT2D eigenvalue weighted by molar-refractivity contribution is 5.69.